The average molecular weight is 235 g/mol. The van der Waals surface area contributed by atoms with E-state index in [1.807, 2.05) is 0 Å². The van der Waals surface area contributed by atoms with Gasteiger partial charge in [0.15, 0.2) is 0 Å². The molecular weight excluding hydrogens is 214 g/mol. The van der Waals surface area contributed by atoms with Crippen molar-refractivity contribution in [3.63, 3.8) is 0 Å². The van der Waals surface area contributed by atoms with Gasteiger partial charge >= 0.3 is 0 Å². The van der Waals surface area contributed by atoms with Crippen LogP contribution in [-0.2, 0) is 11.2 Å². The molecule has 0 spiro atoms. The summed E-state index contributed by atoms with van der Waals surface area (Å²) in [5, 5.41) is 8.85. The lowest BCUT2D eigenvalue weighted by Gasteiger charge is -2.26. The van der Waals surface area contributed by atoms with Gasteiger partial charge in [0, 0.05) is 12.6 Å². The Hall–Kier alpha value is -0.900. The highest BCUT2D eigenvalue weighted by Gasteiger charge is 2.20. The Balaban J connectivity index is 1.90. The highest BCUT2D eigenvalue weighted by molar-refractivity contribution is 5.31. The predicted molar refractivity (Wildman–Crippen MR) is 67.8 cm³/mol. The van der Waals surface area contributed by atoms with Gasteiger partial charge in [-0.25, -0.2) is 0 Å². The highest BCUT2D eigenvalue weighted by atomic mass is 16.5. The first-order valence-corrected chi connectivity index (χ1v) is 6.37. The summed E-state index contributed by atoms with van der Waals surface area (Å²) in [6.07, 6.45) is 4.37. The molecule has 0 bridgehead atoms. The summed E-state index contributed by atoms with van der Waals surface area (Å²) in [7, 11) is 0. The number of aliphatic hydroxyl groups excluding tert-OH is 1. The molecule has 1 aromatic carbocycles. The number of nitrogens with two attached hydrogens (primary N) is 1. The van der Waals surface area contributed by atoms with E-state index in [2.05, 4.69) is 24.3 Å². The van der Waals surface area contributed by atoms with Crippen molar-refractivity contribution in [1.29, 1.82) is 0 Å². The second-order valence-corrected chi connectivity index (χ2v) is 4.68. The lowest BCUT2D eigenvalue weighted by Crippen LogP contribution is -2.26. The van der Waals surface area contributed by atoms with Crippen LogP contribution in [0, 0.1) is 0 Å². The van der Waals surface area contributed by atoms with E-state index in [4.69, 9.17) is 15.6 Å². The van der Waals surface area contributed by atoms with E-state index in [-0.39, 0.29) is 18.8 Å². The van der Waals surface area contributed by atoms with Crippen LogP contribution < -0.4 is 5.73 Å². The topological polar surface area (TPSA) is 55.5 Å². The number of aryl methyl sites for hydroxylation is 1. The van der Waals surface area contributed by atoms with E-state index in [0.29, 0.717) is 6.61 Å². The van der Waals surface area contributed by atoms with Crippen LogP contribution in [-0.4, -0.2) is 24.4 Å². The predicted octanol–water partition coefficient (Wildman–Crippen LogP) is 1.79. The lowest BCUT2D eigenvalue weighted by molar-refractivity contribution is 0.0340. The Morgan fingerprint density at radius 1 is 1.41 bits per heavy atom. The quantitative estimate of drug-likeness (QED) is 0.818. The Morgan fingerprint density at radius 3 is 3.06 bits per heavy atom. The molecule has 0 saturated carbocycles. The minimum atomic E-state index is -0.158. The third kappa shape index (κ3) is 3.28. The molecule has 0 fully saturated rings. The van der Waals surface area contributed by atoms with Crippen LogP contribution in [0.15, 0.2) is 24.3 Å². The van der Waals surface area contributed by atoms with E-state index >= 15 is 0 Å². The molecule has 0 aliphatic heterocycles. The number of rotatable bonds is 5. The minimum Gasteiger partial charge on any atom is -0.395 e. The van der Waals surface area contributed by atoms with Crippen molar-refractivity contribution in [2.75, 3.05) is 13.2 Å². The smallest absolute Gasteiger partial charge is 0.0827 e. The van der Waals surface area contributed by atoms with E-state index < -0.39 is 0 Å². The molecule has 17 heavy (non-hydrogen) atoms. The molecule has 1 aromatic rings. The Labute approximate surface area is 103 Å². The number of hydrogen-bond acceptors (Lipinski definition) is 3. The maximum absolute atomic E-state index is 8.85. The number of benzene rings is 1. The molecule has 2 atom stereocenters. The molecule has 3 nitrogen and oxygen atoms in total. The van der Waals surface area contributed by atoms with Gasteiger partial charge in [-0.05, 0) is 36.8 Å². The zero-order valence-corrected chi connectivity index (χ0v) is 10.1. The third-order valence-electron chi connectivity index (χ3n) is 3.36. The monoisotopic (exact) mass is 235 g/mol. The van der Waals surface area contributed by atoms with Gasteiger partial charge in [0.2, 0.25) is 0 Å². The van der Waals surface area contributed by atoms with E-state index in [1.54, 1.807) is 0 Å². The van der Waals surface area contributed by atoms with E-state index in [1.165, 1.54) is 17.5 Å². The number of fused-ring (bicyclic) bond motifs is 1. The Kier molecular flexibility index (Phi) is 4.54. The van der Waals surface area contributed by atoms with Gasteiger partial charge < -0.3 is 15.6 Å². The van der Waals surface area contributed by atoms with Gasteiger partial charge in [-0.15, -0.1) is 0 Å². The molecule has 3 N–H and O–H groups in total. The molecule has 0 saturated heterocycles. The third-order valence-corrected chi connectivity index (χ3v) is 3.36. The van der Waals surface area contributed by atoms with Gasteiger partial charge in [0.05, 0.1) is 12.7 Å². The van der Waals surface area contributed by atoms with Crippen molar-refractivity contribution in [3.05, 3.63) is 35.4 Å². The first-order valence-electron chi connectivity index (χ1n) is 6.37. The maximum Gasteiger partial charge on any atom is 0.0827 e. The lowest BCUT2D eigenvalue weighted by atomic mass is 9.89. The Morgan fingerprint density at radius 2 is 2.24 bits per heavy atom. The van der Waals surface area contributed by atoms with Gasteiger partial charge in [0.25, 0.3) is 0 Å². The van der Waals surface area contributed by atoms with Crippen LogP contribution in [0.1, 0.15) is 36.5 Å². The van der Waals surface area contributed by atoms with Crippen molar-refractivity contribution >= 4 is 0 Å². The maximum atomic E-state index is 8.85. The zero-order chi connectivity index (χ0) is 12.1. The Bertz CT molecular complexity index is 354. The summed E-state index contributed by atoms with van der Waals surface area (Å²) in [6, 6.07) is 8.34. The van der Waals surface area contributed by atoms with Gasteiger partial charge in [-0.3, -0.25) is 0 Å². The normalized spacial score (nSPS) is 20.9. The van der Waals surface area contributed by atoms with Crippen molar-refractivity contribution in [1.82, 2.24) is 0 Å². The first kappa shape index (κ1) is 12.6. The van der Waals surface area contributed by atoms with Crippen molar-refractivity contribution in [2.45, 2.75) is 37.8 Å². The summed E-state index contributed by atoms with van der Waals surface area (Å²) in [5.74, 6) is 0. The summed E-state index contributed by atoms with van der Waals surface area (Å²) >= 11 is 0. The van der Waals surface area contributed by atoms with Gasteiger partial charge in [-0.2, -0.15) is 0 Å². The van der Waals surface area contributed by atoms with Crippen molar-refractivity contribution < 1.29 is 9.84 Å². The largest absolute Gasteiger partial charge is 0.395 e. The zero-order valence-electron chi connectivity index (χ0n) is 10.1. The number of aliphatic hydroxyl groups is 1. The van der Waals surface area contributed by atoms with Gasteiger partial charge in [-0.1, -0.05) is 24.3 Å². The SMILES string of the molecule is NC(CO)CCOC1CCCc2ccccc21. The fourth-order valence-electron chi connectivity index (χ4n) is 2.34. The number of ether oxygens (including phenoxy) is 1. The van der Waals surface area contributed by atoms with Crippen molar-refractivity contribution in [2.24, 2.45) is 5.73 Å². The molecule has 3 heteroatoms. The second-order valence-electron chi connectivity index (χ2n) is 4.68. The van der Waals surface area contributed by atoms with Crippen LogP contribution in [0.3, 0.4) is 0 Å². The molecule has 0 heterocycles. The van der Waals surface area contributed by atoms with E-state index in [0.717, 1.165) is 19.3 Å². The number of hydrogen-bond donors (Lipinski definition) is 2. The molecule has 94 valence electrons. The van der Waals surface area contributed by atoms with Gasteiger partial charge in [0.1, 0.15) is 0 Å². The van der Waals surface area contributed by atoms with Crippen LogP contribution in [0.2, 0.25) is 0 Å². The fraction of sp³-hybridized carbons (Fsp3) is 0.571. The molecule has 0 aromatic heterocycles. The molecule has 0 amide bonds. The van der Waals surface area contributed by atoms with Crippen molar-refractivity contribution in [3.8, 4) is 0 Å². The fourth-order valence-corrected chi connectivity index (χ4v) is 2.34. The highest BCUT2D eigenvalue weighted by Crippen LogP contribution is 2.32. The summed E-state index contributed by atoms with van der Waals surface area (Å²) in [6.45, 7) is 0.658. The van der Waals surface area contributed by atoms with Crippen LogP contribution in [0.4, 0.5) is 0 Å². The summed E-state index contributed by atoms with van der Waals surface area (Å²) in [5.41, 5.74) is 8.40. The summed E-state index contributed by atoms with van der Waals surface area (Å²) in [4.78, 5) is 0. The van der Waals surface area contributed by atoms with Crippen LogP contribution in [0.25, 0.3) is 0 Å². The van der Waals surface area contributed by atoms with Crippen LogP contribution >= 0.6 is 0 Å². The molecule has 2 unspecified atom stereocenters. The summed E-state index contributed by atoms with van der Waals surface area (Å²) < 4.78 is 5.89. The minimum absolute atomic E-state index is 0.0324. The van der Waals surface area contributed by atoms with Crippen LogP contribution in [0.5, 0.6) is 0 Å². The van der Waals surface area contributed by atoms with E-state index in [9.17, 15) is 0 Å². The first-order chi connectivity index (χ1) is 8.31. The standard InChI is InChI=1S/C14H21NO2/c15-12(10-16)8-9-17-14-7-3-5-11-4-1-2-6-13(11)14/h1-2,4,6,12,14,16H,3,5,7-10,15H2. The molecule has 1 aliphatic carbocycles. The molecule has 2 rings (SSSR count). The average Bonchev–Trinajstić information content (AvgIpc) is 2.39. The molecule has 0 radical (unpaired) electrons. The molecule has 1 aliphatic rings. The second kappa shape index (κ2) is 6.15. The molecular formula is C14H21NO2.